The van der Waals surface area contributed by atoms with Crippen LogP contribution in [-0.2, 0) is 6.42 Å². The van der Waals surface area contributed by atoms with Gasteiger partial charge in [0.05, 0.1) is 6.61 Å². The van der Waals surface area contributed by atoms with Crippen molar-refractivity contribution in [1.29, 1.82) is 0 Å². The number of rotatable bonds is 4. The van der Waals surface area contributed by atoms with E-state index in [1.54, 1.807) is 11.3 Å². The predicted molar refractivity (Wildman–Crippen MR) is 80.8 cm³/mol. The molecule has 4 nitrogen and oxygen atoms in total. The van der Waals surface area contributed by atoms with Gasteiger partial charge in [-0.1, -0.05) is 29.5 Å². The molecule has 2 N–H and O–H groups in total. The quantitative estimate of drug-likeness (QED) is 0.908. The van der Waals surface area contributed by atoms with Crippen LogP contribution in [0.2, 0.25) is 0 Å². The van der Waals surface area contributed by atoms with Gasteiger partial charge in [-0.15, -0.1) is 10.2 Å². The molecule has 1 aromatic carbocycles. The number of aliphatic hydroxyl groups excluding tert-OH is 1. The molecule has 5 heteroatoms. The van der Waals surface area contributed by atoms with Gasteiger partial charge in [-0.3, -0.25) is 0 Å². The minimum absolute atomic E-state index is 0.182. The van der Waals surface area contributed by atoms with E-state index in [2.05, 4.69) is 33.7 Å². The molecule has 0 aliphatic heterocycles. The van der Waals surface area contributed by atoms with E-state index in [1.165, 1.54) is 23.1 Å². The molecule has 1 aromatic heterocycles. The fraction of sp³-hybridized carbons (Fsp3) is 0.467. The Morgan fingerprint density at radius 1 is 1.40 bits per heavy atom. The maximum atomic E-state index is 9.00. The van der Waals surface area contributed by atoms with Crippen molar-refractivity contribution in [3.05, 3.63) is 34.3 Å². The molecule has 106 valence electrons. The maximum absolute atomic E-state index is 9.00. The van der Waals surface area contributed by atoms with Crippen molar-refractivity contribution >= 4 is 11.3 Å². The summed E-state index contributed by atoms with van der Waals surface area (Å²) in [7, 11) is 0. The van der Waals surface area contributed by atoms with Gasteiger partial charge >= 0.3 is 0 Å². The van der Waals surface area contributed by atoms with Crippen molar-refractivity contribution in [2.24, 2.45) is 0 Å². The molecule has 0 amide bonds. The zero-order valence-electron chi connectivity index (χ0n) is 11.6. The van der Waals surface area contributed by atoms with Gasteiger partial charge in [0.15, 0.2) is 0 Å². The Morgan fingerprint density at radius 3 is 3.05 bits per heavy atom. The number of aromatic nitrogens is 2. The van der Waals surface area contributed by atoms with Crippen LogP contribution in [0.25, 0.3) is 10.6 Å². The molecular weight excluding hydrogens is 270 g/mol. The van der Waals surface area contributed by atoms with E-state index in [1.807, 2.05) is 6.92 Å². The molecule has 1 heterocycles. The second kappa shape index (κ2) is 5.99. The fourth-order valence-corrected chi connectivity index (χ4v) is 3.65. The molecule has 0 saturated carbocycles. The molecule has 1 unspecified atom stereocenters. The lowest BCUT2D eigenvalue weighted by Crippen LogP contribution is -2.27. The first-order valence-electron chi connectivity index (χ1n) is 7.06. The topological polar surface area (TPSA) is 58.0 Å². The number of aliphatic hydroxyl groups is 1. The van der Waals surface area contributed by atoms with Gasteiger partial charge in [0.25, 0.3) is 0 Å². The van der Waals surface area contributed by atoms with Gasteiger partial charge in [0.1, 0.15) is 10.0 Å². The van der Waals surface area contributed by atoms with Crippen LogP contribution < -0.4 is 5.32 Å². The summed E-state index contributed by atoms with van der Waals surface area (Å²) in [4.78, 5) is 0. The third-order valence-electron chi connectivity index (χ3n) is 3.77. The second-order valence-electron chi connectivity index (χ2n) is 5.12. The maximum Gasteiger partial charge on any atom is 0.148 e. The van der Waals surface area contributed by atoms with E-state index in [9.17, 15) is 0 Å². The minimum atomic E-state index is 0.182. The van der Waals surface area contributed by atoms with Crippen LogP contribution in [0.4, 0.5) is 0 Å². The molecule has 0 bridgehead atoms. The van der Waals surface area contributed by atoms with E-state index in [0.717, 1.165) is 22.9 Å². The van der Waals surface area contributed by atoms with Crippen molar-refractivity contribution in [2.75, 3.05) is 13.2 Å². The summed E-state index contributed by atoms with van der Waals surface area (Å²) < 4.78 is 0. The van der Waals surface area contributed by atoms with Crippen molar-refractivity contribution in [3.8, 4) is 10.6 Å². The zero-order valence-corrected chi connectivity index (χ0v) is 12.4. The summed E-state index contributed by atoms with van der Waals surface area (Å²) in [5.74, 6) is 0. The number of hydrogen-bond donors (Lipinski definition) is 2. The number of nitrogens with zero attached hydrogens (tertiary/aromatic N) is 2. The van der Waals surface area contributed by atoms with E-state index in [-0.39, 0.29) is 6.61 Å². The molecule has 1 aliphatic carbocycles. The summed E-state index contributed by atoms with van der Waals surface area (Å²) in [5, 5.41) is 22.9. The monoisotopic (exact) mass is 289 g/mol. The standard InChI is InChI=1S/C15H19N3OS/c1-10-17-18-15(20-10)13-6-2-5-12-11(13)4-3-7-14(12)16-8-9-19/h2,5-6,14,16,19H,3-4,7-9H2,1H3. The summed E-state index contributed by atoms with van der Waals surface area (Å²) >= 11 is 1.65. The lowest BCUT2D eigenvalue weighted by molar-refractivity contribution is 0.280. The fourth-order valence-electron chi connectivity index (χ4n) is 2.91. The Balaban J connectivity index is 1.98. The van der Waals surface area contributed by atoms with Crippen molar-refractivity contribution in [2.45, 2.75) is 32.2 Å². The van der Waals surface area contributed by atoms with Gasteiger partial charge in [-0.2, -0.15) is 0 Å². The Bertz CT molecular complexity index is 597. The first-order valence-corrected chi connectivity index (χ1v) is 7.87. The number of nitrogens with one attached hydrogen (secondary N) is 1. The zero-order chi connectivity index (χ0) is 13.9. The first-order chi connectivity index (χ1) is 9.79. The molecule has 3 rings (SSSR count). The van der Waals surface area contributed by atoms with Crippen LogP contribution in [0, 0.1) is 6.92 Å². The van der Waals surface area contributed by atoms with E-state index < -0.39 is 0 Å². The van der Waals surface area contributed by atoms with E-state index in [4.69, 9.17) is 5.11 Å². The van der Waals surface area contributed by atoms with Crippen LogP contribution >= 0.6 is 11.3 Å². The normalized spacial score (nSPS) is 18.0. The van der Waals surface area contributed by atoms with Crippen LogP contribution in [-0.4, -0.2) is 28.5 Å². The lowest BCUT2D eigenvalue weighted by Gasteiger charge is -2.27. The van der Waals surface area contributed by atoms with Gasteiger partial charge in [0.2, 0.25) is 0 Å². The van der Waals surface area contributed by atoms with Gasteiger partial charge in [-0.25, -0.2) is 0 Å². The number of benzene rings is 1. The Morgan fingerprint density at radius 2 is 2.30 bits per heavy atom. The average molecular weight is 289 g/mol. The number of aryl methyl sites for hydroxylation is 1. The Kier molecular flexibility index (Phi) is 4.10. The summed E-state index contributed by atoms with van der Waals surface area (Å²) in [6.45, 7) is 2.82. The van der Waals surface area contributed by atoms with Crippen LogP contribution in [0.3, 0.4) is 0 Å². The highest BCUT2D eigenvalue weighted by atomic mass is 32.1. The highest BCUT2D eigenvalue weighted by molar-refractivity contribution is 7.14. The van der Waals surface area contributed by atoms with Crippen LogP contribution in [0.5, 0.6) is 0 Å². The number of fused-ring (bicyclic) bond motifs is 1. The third-order valence-corrected chi connectivity index (χ3v) is 4.64. The minimum Gasteiger partial charge on any atom is -0.395 e. The molecular formula is C15H19N3OS. The van der Waals surface area contributed by atoms with Gasteiger partial charge in [0, 0.05) is 18.2 Å². The highest BCUT2D eigenvalue weighted by Crippen LogP contribution is 2.36. The molecule has 0 saturated heterocycles. The molecule has 0 radical (unpaired) electrons. The average Bonchev–Trinajstić information content (AvgIpc) is 2.91. The SMILES string of the molecule is Cc1nnc(-c2cccc3c2CCCC3NCCO)s1. The van der Waals surface area contributed by atoms with Gasteiger partial charge < -0.3 is 10.4 Å². The molecule has 1 aliphatic rings. The van der Waals surface area contributed by atoms with E-state index in [0.29, 0.717) is 12.6 Å². The highest BCUT2D eigenvalue weighted by Gasteiger charge is 2.23. The lowest BCUT2D eigenvalue weighted by atomic mass is 9.85. The second-order valence-corrected chi connectivity index (χ2v) is 6.30. The van der Waals surface area contributed by atoms with Crippen LogP contribution in [0.15, 0.2) is 18.2 Å². The summed E-state index contributed by atoms with van der Waals surface area (Å²) in [6.07, 6.45) is 3.40. The smallest absolute Gasteiger partial charge is 0.148 e. The predicted octanol–water partition coefficient (Wildman–Crippen LogP) is 2.47. The molecule has 0 spiro atoms. The Hall–Kier alpha value is -1.30. The number of hydrogen-bond acceptors (Lipinski definition) is 5. The summed E-state index contributed by atoms with van der Waals surface area (Å²) in [5.41, 5.74) is 3.98. The Labute approximate surface area is 122 Å². The van der Waals surface area contributed by atoms with Gasteiger partial charge in [-0.05, 0) is 37.3 Å². The van der Waals surface area contributed by atoms with E-state index >= 15 is 0 Å². The van der Waals surface area contributed by atoms with Crippen molar-refractivity contribution < 1.29 is 5.11 Å². The third kappa shape index (κ3) is 2.61. The largest absolute Gasteiger partial charge is 0.395 e. The van der Waals surface area contributed by atoms with Crippen molar-refractivity contribution in [3.63, 3.8) is 0 Å². The molecule has 0 fully saturated rings. The van der Waals surface area contributed by atoms with Crippen molar-refractivity contribution in [1.82, 2.24) is 15.5 Å². The molecule has 1 atom stereocenters. The van der Waals surface area contributed by atoms with Crippen LogP contribution in [0.1, 0.15) is 35.0 Å². The first kappa shape index (κ1) is 13.7. The molecule has 20 heavy (non-hydrogen) atoms. The molecule has 2 aromatic rings. The summed E-state index contributed by atoms with van der Waals surface area (Å²) in [6, 6.07) is 6.79.